The van der Waals surface area contributed by atoms with Crippen molar-refractivity contribution < 1.29 is 29.3 Å². The molecule has 2 spiro atoms. The SMILES string of the molecule is CC(=O)OC1CCc2cc(c(O)c(OC3CCCC3)c2)CN2CC(CC3=CCNC(N)=C3)(CCN=C(N)NC3(CCCC34CCCC4)SSCCCCCCC(O)C1)CC2=O. The van der Waals surface area contributed by atoms with Crippen LogP contribution in [0.25, 0.3) is 0 Å². The number of aliphatic hydroxyl groups excluding tert-OH is 1. The Bertz CT molecular complexity index is 1770. The molecule has 1 aromatic carbocycles. The number of phenolic OH excluding ortho intramolecular Hbond substituents is 1. The van der Waals surface area contributed by atoms with E-state index in [4.69, 9.17) is 25.9 Å². The van der Waals surface area contributed by atoms with Gasteiger partial charge in [-0.2, -0.15) is 0 Å². The lowest BCUT2D eigenvalue weighted by Gasteiger charge is -2.44. The summed E-state index contributed by atoms with van der Waals surface area (Å²) in [6.07, 6.45) is 23.6. The number of fused-ring (bicyclic) bond motifs is 5. The van der Waals surface area contributed by atoms with E-state index in [2.05, 4.69) is 16.7 Å². The smallest absolute Gasteiger partial charge is 0.302 e. The predicted octanol–water partition coefficient (Wildman–Crippen LogP) is 7.85. The maximum Gasteiger partial charge on any atom is 0.302 e. The molecule has 1 saturated heterocycles. The van der Waals surface area contributed by atoms with Gasteiger partial charge in [-0.25, -0.2) is 0 Å². The second-order valence-corrected chi connectivity index (χ2v) is 21.8. The minimum absolute atomic E-state index is 0.0267. The van der Waals surface area contributed by atoms with Crippen molar-refractivity contribution in [1.29, 1.82) is 0 Å². The molecule has 3 aliphatic heterocycles. The fraction of sp³-hybridized carbons (Fsp3) is 0.723. The highest BCUT2D eigenvalue weighted by molar-refractivity contribution is 8.77. The summed E-state index contributed by atoms with van der Waals surface area (Å²) in [6, 6.07) is 3.87. The number of allylic oxidation sites excluding steroid dienone is 2. The molecule has 4 bridgehead atoms. The molecule has 3 aliphatic carbocycles. The maximum absolute atomic E-state index is 14.2. The van der Waals surface area contributed by atoms with Crippen LogP contribution in [-0.4, -0.2) is 81.5 Å². The highest BCUT2D eigenvalue weighted by atomic mass is 33.1. The molecule has 14 heteroatoms. The predicted molar refractivity (Wildman–Crippen MR) is 246 cm³/mol. The highest BCUT2D eigenvalue weighted by Gasteiger charge is 2.57. The Hall–Kier alpha value is -3.23. The summed E-state index contributed by atoms with van der Waals surface area (Å²) < 4.78 is 12.2. The van der Waals surface area contributed by atoms with E-state index in [1.54, 1.807) is 0 Å². The van der Waals surface area contributed by atoms with Crippen LogP contribution >= 0.6 is 21.6 Å². The van der Waals surface area contributed by atoms with Gasteiger partial charge in [0.15, 0.2) is 17.5 Å². The third-order valence-electron chi connectivity index (χ3n) is 14.4. The average molecular weight is 881 g/mol. The second-order valence-electron chi connectivity index (χ2n) is 19.1. The Labute approximate surface area is 371 Å². The van der Waals surface area contributed by atoms with Crippen LogP contribution in [0.2, 0.25) is 0 Å². The fourth-order valence-corrected chi connectivity index (χ4v) is 14.8. The van der Waals surface area contributed by atoms with Gasteiger partial charge in [0.2, 0.25) is 5.91 Å². The van der Waals surface area contributed by atoms with E-state index < -0.39 is 17.6 Å². The summed E-state index contributed by atoms with van der Waals surface area (Å²) in [6.45, 7) is 3.29. The van der Waals surface area contributed by atoms with Gasteiger partial charge in [-0.15, -0.1) is 0 Å². The van der Waals surface area contributed by atoms with Gasteiger partial charge in [-0.1, -0.05) is 65.8 Å². The van der Waals surface area contributed by atoms with E-state index in [0.717, 1.165) is 74.7 Å². The van der Waals surface area contributed by atoms with E-state index in [9.17, 15) is 19.8 Å². The number of aromatic hydroxyl groups is 1. The number of guanidine groups is 1. The lowest BCUT2D eigenvalue weighted by atomic mass is 9.77. The number of phenols is 1. The minimum atomic E-state index is -0.568. The van der Waals surface area contributed by atoms with Gasteiger partial charge in [0, 0.05) is 68.1 Å². The van der Waals surface area contributed by atoms with Crippen molar-refractivity contribution in [2.45, 2.75) is 178 Å². The molecule has 3 heterocycles. The molecule has 0 radical (unpaired) electrons. The summed E-state index contributed by atoms with van der Waals surface area (Å²) in [5, 5.41) is 29.9. The number of rotatable bonds is 5. The molecule has 8 N–H and O–H groups in total. The minimum Gasteiger partial charge on any atom is -0.504 e. The summed E-state index contributed by atoms with van der Waals surface area (Å²) in [4.78, 5) is 33.1. The number of esters is 1. The van der Waals surface area contributed by atoms with Crippen LogP contribution in [0, 0.1) is 10.8 Å². The summed E-state index contributed by atoms with van der Waals surface area (Å²) >= 11 is 0. The molecule has 338 valence electrons. The van der Waals surface area contributed by atoms with Gasteiger partial charge in [0.25, 0.3) is 0 Å². The maximum atomic E-state index is 14.2. The van der Waals surface area contributed by atoms with Crippen molar-refractivity contribution in [3.63, 3.8) is 0 Å². The number of hydrogen-bond acceptors (Lipinski definition) is 13. The van der Waals surface area contributed by atoms with Crippen molar-refractivity contribution >= 4 is 39.4 Å². The fourth-order valence-electron chi connectivity index (χ4n) is 11.2. The third kappa shape index (κ3) is 11.9. The summed E-state index contributed by atoms with van der Waals surface area (Å²) in [7, 11) is 3.95. The van der Waals surface area contributed by atoms with E-state index in [-0.39, 0.29) is 40.6 Å². The molecular formula is C47H72N6O6S2. The highest BCUT2D eigenvalue weighted by Crippen LogP contribution is 2.63. The monoisotopic (exact) mass is 880 g/mol. The number of nitrogens with one attached hydrogen (secondary N) is 2. The number of nitrogens with zero attached hydrogens (tertiary/aromatic N) is 2. The number of aryl methyl sites for hydroxylation is 1. The van der Waals surface area contributed by atoms with E-state index >= 15 is 0 Å². The Morgan fingerprint density at radius 3 is 2.52 bits per heavy atom. The van der Waals surface area contributed by atoms with Gasteiger partial charge < -0.3 is 46.7 Å². The number of nitrogens with two attached hydrogens (primary N) is 2. The molecular weight excluding hydrogens is 809 g/mol. The zero-order valence-electron chi connectivity index (χ0n) is 36.5. The van der Waals surface area contributed by atoms with Gasteiger partial charge >= 0.3 is 5.97 Å². The van der Waals surface area contributed by atoms with Crippen molar-refractivity contribution in [2.24, 2.45) is 27.3 Å². The Kier molecular flexibility index (Phi) is 15.7. The quantitative estimate of drug-likeness (QED) is 0.125. The largest absolute Gasteiger partial charge is 0.504 e. The second kappa shape index (κ2) is 21.0. The molecule has 3 saturated carbocycles. The van der Waals surface area contributed by atoms with E-state index in [1.807, 2.05) is 44.7 Å². The van der Waals surface area contributed by atoms with E-state index in [1.165, 1.54) is 45.4 Å². The summed E-state index contributed by atoms with van der Waals surface area (Å²) in [5.41, 5.74) is 15.6. The molecule has 61 heavy (non-hydrogen) atoms. The van der Waals surface area contributed by atoms with Crippen molar-refractivity contribution in [3.05, 3.63) is 46.8 Å². The van der Waals surface area contributed by atoms with Gasteiger partial charge in [0.05, 0.1) is 18.0 Å². The van der Waals surface area contributed by atoms with Gasteiger partial charge in [-0.3, -0.25) is 14.6 Å². The first-order valence-corrected chi connectivity index (χ1v) is 25.7. The standard InChI is InChI=1S/C47H72N6O6S2/c1-33(54)58-39-15-14-34-25-36(43(57)40(26-34)59-38-12-5-6-13-38)31-53-32-45(30-42(53)56,29-35-16-22-50-41(48)27-35)21-23-51-44(49)52-47(20-10-19-46(47)17-7-8-18-46)61-60-24-9-3-2-4-11-37(55)28-39/h16,25-27,37-39,50,55,57H,2-15,17-24,28-32,48H2,1H3,(H3,49,51,52). The number of ether oxygens (including phenoxy) is 2. The lowest BCUT2D eigenvalue weighted by molar-refractivity contribution is -0.148. The average Bonchev–Trinajstić information content (AvgIpc) is 4.03. The zero-order valence-corrected chi connectivity index (χ0v) is 38.2. The first kappa shape index (κ1) is 45.8. The molecule has 4 unspecified atom stereocenters. The van der Waals surface area contributed by atoms with E-state index in [0.29, 0.717) is 87.7 Å². The van der Waals surface area contributed by atoms with Crippen LogP contribution in [0.4, 0.5) is 0 Å². The molecule has 6 aliphatic rings. The van der Waals surface area contributed by atoms with Crippen molar-refractivity contribution in [3.8, 4) is 11.5 Å². The first-order chi connectivity index (χ1) is 29.4. The molecule has 4 atom stereocenters. The number of aliphatic imine (C=N–C) groups is 1. The molecule has 1 aromatic rings. The molecule has 1 amide bonds. The number of dihydropyridines is 1. The van der Waals surface area contributed by atoms with Gasteiger partial charge in [0.1, 0.15) is 11.0 Å². The number of aliphatic hydroxyl groups is 1. The topological polar surface area (TPSA) is 185 Å². The molecule has 4 fully saturated rings. The number of hydrogen-bond donors (Lipinski definition) is 6. The summed E-state index contributed by atoms with van der Waals surface area (Å²) in [5.74, 6) is 2.35. The van der Waals surface area contributed by atoms with Crippen LogP contribution in [-0.2, 0) is 27.3 Å². The number of benzene rings is 1. The normalized spacial score (nSPS) is 30.0. The van der Waals surface area contributed by atoms with Gasteiger partial charge in [-0.05, 0) is 120 Å². The third-order valence-corrected chi connectivity index (χ3v) is 17.7. The van der Waals surface area contributed by atoms with Crippen LogP contribution in [0.15, 0.2) is 40.7 Å². The first-order valence-electron chi connectivity index (χ1n) is 23.4. The molecule has 12 nitrogen and oxygen atoms in total. The van der Waals surface area contributed by atoms with Crippen LogP contribution in [0.3, 0.4) is 0 Å². The van der Waals surface area contributed by atoms with Crippen LogP contribution < -0.4 is 26.8 Å². The lowest BCUT2D eigenvalue weighted by Crippen LogP contribution is -2.55. The molecule has 7 rings (SSSR count). The van der Waals surface area contributed by atoms with Crippen molar-refractivity contribution in [1.82, 2.24) is 15.5 Å². The number of carbonyl (C=O) groups is 2. The van der Waals surface area contributed by atoms with Crippen molar-refractivity contribution in [2.75, 3.05) is 25.4 Å². The Morgan fingerprint density at radius 2 is 1.74 bits per heavy atom. The van der Waals surface area contributed by atoms with Crippen LogP contribution in [0.5, 0.6) is 11.5 Å². The van der Waals surface area contributed by atoms with Crippen LogP contribution in [0.1, 0.15) is 153 Å². The molecule has 0 aromatic heterocycles. The number of carbonyl (C=O) groups excluding carboxylic acids is 2. The Morgan fingerprint density at radius 1 is 0.967 bits per heavy atom. The zero-order chi connectivity index (χ0) is 42.9. The Balaban J connectivity index is 1.17. The number of amides is 1.